The van der Waals surface area contributed by atoms with Gasteiger partial charge < -0.3 is 5.32 Å². The van der Waals surface area contributed by atoms with Crippen molar-refractivity contribution in [3.63, 3.8) is 0 Å². The Balaban J connectivity index is 1.69. The van der Waals surface area contributed by atoms with Crippen LogP contribution in [0.15, 0.2) is 18.7 Å². The van der Waals surface area contributed by atoms with Crippen molar-refractivity contribution in [3.8, 4) is 0 Å². The summed E-state index contributed by atoms with van der Waals surface area (Å²) in [6.07, 6.45) is 9.33. The molecule has 0 aliphatic carbocycles. The molecule has 0 bridgehead atoms. The lowest BCUT2D eigenvalue weighted by molar-refractivity contribution is 0.677. The minimum atomic E-state index is 0.703. The predicted octanol–water partition coefficient (Wildman–Crippen LogP) is 1.82. The van der Waals surface area contributed by atoms with Crippen molar-refractivity contribution in [2.24, 2.45) is 0 Å². The van der Waals surface area contributed by atoms with Crippen molar-refractivity contribution in [1.82, 2.24) is 19.6 Å². The molecule has 5 nitrogen and oxygen atoms in total. The number of nitrogens with one attached hydrogen (secondary N) is 1. The first kappa shape index (κ1) is 10.8. The fourth-order valence-corrected chi connectivity index (χ4v) is 3.30. The van der Waals surface area contributed by atoms with Crippen molar-refractivity contribution in [2.45, 2.75) is 24.5 Å². The SMILES string of the molecule is c1cn2cnnc2c(NCC2CCCCS2)n1. The van der Waals surface area contributed by atoms with Gasteiger partial charge in [-0.1, -0.05) is 6.42 Å². The predicted molar refractivity (Wildman–Crippen MR) is 69.4 cm³/mol. The van der Waals surface area contributed by atoms with Crippen LogP contribution in [-0.4, -0.2) is 37.1 Å². The number of hydrogen-bond donors (Lipinski definition) is 1. The second-order valence-corrected chi connectivity index (χ2v) is 5.62. The summed E-state index contributed by atoms with van der Waals surface area (Å²) >= 11 is 2.06. The fraction of sp³-hybridized carbons (Fsp3) is 0.545. The first-order valence-electron chi connectivity index (χ1n) is 5.93. The van der Waals surface area contributed by atoms with Crippen molar-refractivity contribution >= 4 is 23.2 Å². The minimum Gasteiger partial charge on any atom is -0.366 e. The van der Waals surface area contributed by atoms with Crippen LogP contribution >= 0.6 is 11.8 Å². The van der Waals surface area contributed by atoms with E-state index in [1.165, 1.54) is 25.0 Å². The third-order valence-corrected chi connectivity index (χ3v) is 4.39. The molecule has 2 aromatic rings. The van der Waals surface area contributed by atoms with E-state index in [0.717, 1.165) is 18.0 Å². The Morgan fingerprint density at radius 3 is 3.35 bits per heavy atom. The van der Waals surface area contributed by atoms with Gasteiger partial charge in [-0.2, -0.15) is 11.8 Å². The number of anilines is 1. The van der Waals surface area contributed by atoms with E-state index in [4.69, 9.17) is 0 Å². The van der Waals surface area contributed by atoms with E-state index in [1.54, 1.807) is 12.5 Å². The van der Waals surface area contributed by atoms with Crippen LogP contribution in [0.25, 0.3) is 5.65 Å². The van der Waals surface area contributed by atoms with E-state index in [1.807, 2.05) is 10.6 Å². The minimum absolute atomic E-state index is 0.703. The summed E-state index contributed by atoms with van der Waals surface area (Å²) in [5, 5.41) is 12.0. The molecule has 3 heterocycles. The molecular formula is C11H15N5S. The van der Waals surface area contributed by atoms with Gasteiger partial charge in [0.1, 0.15) is 6.33 Å². The Hall–Kier alpha value is -1.30. The van der Waals surface area contributed by atoms with Gasteiger partial charge in [-0.05, 0) is 18.6 Å². The zero-order valence-electron chi connectivity index (χ0n) is 9.54. The van der Waals surface area contributed by atoms with E-state index in [9.17, 15) is 0 Å². The quantitative estimate of drug-likeness (QED) is 0.899. The van der Waals surface area contributed by atoms with E-state index < -0.39 is 0 Å². The molecule has 2 aromatic heterocycles. The molecule has 1 atom stereocenters. The average Bonchev–Trinajstić information content (AvgIpc) is 2.86. The number of nitrogens with zero attached hydrogens (tertiary/aromatic N) is 4. The third kappa shape index (κ3) is 2.36. The molecule has 6 heteroatoms. The molecular weight excluding hydrogens is 234 g/mol. The number of aromatic nitrogens is 4. The van der Waals surface area contributed by atoms with Gasteiger partial charge in [0.05, 0.1) is 0 Å². The van der Waals surface area contributed by atoms with Crippen molar-refractivity contribution < 1.29 is 0 Å². The fourth-order valence-electron chi connectivity index (χ4n) is 2.06. The van der Waals surface area contributed by atoms with Crippen LogP contribution in [0.4, 0.5) is 5.82 Å². The highest BCUT2D eigenvalue weighted by molar-refractivity contribution is 7.99. The molecule has 0 saturated carbocycles. The van der Waals surface area contributed by atoms with Crippen LogP contribution in [0.1, 0.15) is 19.3 Å². The lowest BCUT2D eigenvalue weighted by Gasteiger charge is -2.21. The molecule has 0 spiro atoms. The summed E-state index contributed by atoms with van der Waals surface area (Å²) in [6.45, 7) is 0.962. The molecule has 90 valence electrons. The highest BCUT2D eigenvalue weighted by Crippen LogP contribution is 2.25. The second kappa shape index (κ2) is 4.91. The summed E-state index contributed by atoms with van der Waals surface area (Å²) in [6, 6.07) is 0. The molecule has 0 amide bonds. The zero-order chi connectivity index (χ0) is 11.5. The maximum absolute atomic E-state index is 4.32. The van der Waals surface area contributed by atoms with Gasteiger partial charge in [-0.25, -0.2) is 4.98 Å². The Morgan fingerprint density at radius 2 is 2.47 bits per heavy atom. The van der Waals surface area contributed by atoms with Crippen LogP contribution in [0.5, 0.6) is 0 Å². The maximum Gasteiger partial charge on any atom is 0.203 e. The van der Waals surface area contributed by atoms with Crippen molar-refractivity contribution in [3.05, 3.63) is 18.7 Å². The summed E-state index contributed by atoms with van der Waals surface area (Å²) in [5.74, 6) is 2.12. The van der Waals surface area contributed by atoms with E-state index in [-0.39, 0.29) is 0 Å². The smallest absolute Gasteiger partial charge is 0.203 e. The summed E-state index contributed by atoms with van der Waals surface area (Å²) in [7, 11) is 0. The second-order valence-electron chi connectivity index (χ2n) is 4.21. The largest absolute Gasteiger partial charge is 0.366 e. The van der Waals surface area contributed by atoms with Crippen molar-refractivity contribution in [2.75, 3.05) is 17.6 Å². The maximum atomic E-state index is 4.32. The summed E-state index contributed by atoms with van der Waals surface area (Å²) in [4.78, 5) is 4.32. The third-order valence-electron chi connectivity index (χ3n) is 2.99. The highest BCUT2D eigenvalue weighted by atomic mass is 32.2. The van der Waals surface area contributed by atoms with Gasteiger partial charge in [-0.3, -0.25) is 4.40 Å². The zero-order valence-corrected chi connectivity index (χ0v) is 10.4. The Morgan fingerprint density at radius 1 is 1.47 bits per heavy atom. The van der Waals surface area contributed by atoms with Crippen LogP contribution in [0, 0.1) is 0 Å². The molecule has 1 aliphatic heterocycles. The number of hydrogen-bond acceptors (Lipinski definition) is 5. The normalized spacial score (nSPS) is 20.6. The summed E-state index contributed by atoms with van der Waals surface area (Å²) < 4.78 is 1.88. The van der Waals surface area contributed by atoms with E-state index in [0.29, 0.717) is 5.25 Å². The number of rotatable bonds is 3. The molecule has 1 aliphatic rings. The number of fused-ring (bicyclic) bond motifs is 1. The van der Waals surface area contributed by atoms with Gasteiger partial charge in [0, 0.05) is 24.2 Å². The number of thioether (sulfide) groups is 1. The highest BCUT2D eigenvalue weighted by Gasteiger charge is 2.14. The molecule has 0 radical (unpaired) electrons. The monoisotopic (exact) mass is 249 g/mol. The summed E-state index contributed by atoms with van der Waals surface area (Å²) in [5.41, 5.74) is 0.799. The molecule has 1 saturated heterocycles. The lowest BCUT2D eigenvalue weighted by Crippen LogP contribution is -2.20. The van der Waals surface area contributed by atoms with Crippen molar-refractivity contribution in [1.29, 1.82) is 0 Å². The van der Waals surface area contributed by atoms with Crippen LogP contribution in [0.3, 0.4) is 0 Å². The van der Waals surface area contributed by atoms with Gasteiger partial charge in [0.2, 0.25) is 5.65 Å². The Labute approximate surface area is 104 Å². The topological polar surface area (TPSA) is 55.1 Å². The Kier molecular flexibility index (Phi) is 3.13. The van der Waals surface area contributed by atoms with Gasteiger partial charge in [0.15, 0.2) is 5.82 Å². The van der Waals surface area contributed by atoms with Gasteiger partial charge in [-0.15, -0.1) is 10.2 Å². The van der Waals surface area contributed by atoms with E-state index >= 15 is 0 Å². The van der Waals surface area contributed by atoms with Gasteiger partial charge >= 0.3 is 0 Å². The Bertz CT molecular complexity index is 491. The molecule has 3 rings (SSSR count). The molecule has 1 unspecified atom stereocenters. The van der Waals surface area contributed by atoms with E-state index in [2.05, 4.69) is 32.3 Å². The standard InChI is InChI=1S/C11H15N5S/c1-2-6-17-9(3-1)7-13-10-11-15-14-8-16(11)5-4-12-10/h4-5,8-9H,1-3,6-7H2,(H,12,13). The first-order chi connectivity index (χ1) is 8.43. The molecule has 0 aromatic carbocycles. The molecule has 1 fully saturated rings. The van der Waals surface area contributed by atoms with Gasteiger partial charge in [0.25, 0.3) is 0 Å². The van der Waals surface area contributed by atoms with Crippen LogP contribution in [0.2, 0.25) is 0 Å². The molecule has 17 heavy (non-hydrogen) atoms. The average molecular weight is 249 g/mol. The first-order valence-corrected chi connectivity index (χ1v) is 6.98. The lowest BCUT2D eigenvalue weighted by atomic mass is 10.2. The molecule has 1 N–H and O–H groups in total. The van der Waals surface area contributed by atoms with Crippen LogP contribution in [-0.2, 0) is 0 Å². The van der Waals surface area contributed by atoms with Crippen LogP contribution < -0.4 is 5.32 Å².